The topological polar surface area (TPSA) is 111 Å². The van der Waals surface area contributed by atoms with Crippen LogP contribution in [-0.2, 0) is 23.8 Å². The summed E-state index contributed by atoms with van der Waals surface area (Å²) in [5, 5.41) is 2.15. The highest BCUT2D eigenvalue weighted by molar-refractivity contribution is 8.00. The van der Waals surface area contributed by atoms with E-state index in [0.717, 1.165) is 12.1 Å². The molecule has 33 heavy (non-hydrogen) atoms. The normalized spacial score (nSPS) is 19.9. The van der Waals surface area contributed by atoms with Crippen LogP contribution in [0.15, 0.2) is 35.5 Å². The van der Waals surface area contributed by atoms with Gasteiger partial charge in [-0.3, -0.25) is 14.5 Å². The predicted octanol–water partition coefficient (Wildman–Crippen LogP) is 2.61. The fourth-order valence-corrected chi connectivity index (χ4v) is 4.60. The van der Waals surface area contributed by atoms with Crippen molar-refractivity contribution in [1.29, 1.82) is 0 Å². The van der Waals surface area contributed by atoms with Gasteiger partial charge in [-0.15, -0.1) is 11.8 Å². The van der Waals surface area contributed by atoms with Crippen LogP contribution in [0, 0.1) is 5.82 Å². The van der Waals surface area contributed by atoms with Gasteiger partial charge in [0.15, 0.2) is 0 Å². The number of ether oxygens (including phenoxy) is 3. The van der Waals surface area contributed by atoms with E-state index in [4.69, 9.17) is 14.2 Å². The Labute approximate surface area is 194 Å². The van der Waals surface area contributed by atoms with E-state index in [1.54, 1.807) is 20.8 Å². The Bertz CT molecular complexity index is 987. The summed E-state index contributed by atoms with van der Waals surface area (Å²) < 4.78 is 28.8. The summed E-state index contributed by atoms with van der Waals surface area (Å²) in [6.07, 6.45) is -0.708. The van der Waals surface area contributed by atoms with Gasteiger partial charge in [-0.2, -0.15) is 0 Å². The zero-order chi connectivity index (χ0) is 24.3. The summed E-state index contributed by atoms with van der Waals surface area (Å²) in [5.74, 6) is -1.67. The summed E-state index contributed by atoms with van der Waals surface area (Å²) >= 11 is 1.38. The molecular weight excluding hydrogens is 455 g/mol. The van der Waals surface area contributed by atoms with Crippen molar-refractivity contribution in [3.63, 3.8) is 0 Å². The SMILES string of the molecule is CC(=O)OCC1=C(COC(=O)c2ccc(F)cc2)N2C(=O)[C@@H](NC(=O)OC(C)(C)C)[C@H]2SC1. The first-order chi connectivity index (χ1) is 15.5. The summed E-state index contributed by atoms with van der Waals surface area (Å²) in [4.78, 5) is 50.0. The van der Waals surface area contributed by atoms with Gasteiger partial charge in [-0.05, 0) is 45.0 Å². The van der Waals surface area contributed by atoms with E-state index < -0.39 is 46.8 Å². The van der Waals surface area contributed by atoms with Crippen LogP contribution < -0.4 is 5.32 Å². The summed E-state index contributed by atoms with van der Waals surface area (Å²) in [7, 11) is 0. The monoisotopic (exact) mass is 480 g/mol. The highest BCUT2D eigenvalue weighted by Crippen LogP contribution is 2.40. The molecule has 2 atom stereocenters. The van der Waals surface area contributed by atoms with Crippen LogP contribution in [0.5, 0.6) is 0 Å². The molecule has 0 aromatic heterocycles. The second kappa shape index (κ2) is 9.82. The Morgan fingerprint density at radius 1 is 1.15 bits per heavy atom. The van der Waals surface area contributed by atoms with E-state index in [0.29, 0.717) is 17.0 Å². The van der Waals surface area contributed by atoms with E-state index in [9.17, 15) is 23.6 Å². The van der Waals surface area contributed by atoms with Crippen molar-refractivity contribution in [2.45, 2.75) is 44.7 Å². The van der Waals surface area contributed by atoms with Crippen LogP contribution >= 0.6 is 11.8 Å². The second-order valence-corrected chi connectivity index (χ2v) is 9.55. The number of benzene rings is 1. The molecule has 0 spiro atoms. The van der Waals surface area contributed by atoms with Crippen LogP contribution in [0.25, 0.3) is 0 Å². The Morgan fingerprint density at radius 2 is 1.82 bits per heavy atom. The van der Waals surface area contributed by atoms with Crippen LogP contribution in [0.2, 0.25) is 0 Å². The van der Waals surface area contributed by atoms with Crippen molar-refractivity contribution in [3.05, 3.63) is 46.9 Å². The fourth-order valence-electron chi connectivity index (χ4n) is 3.22. The molecule has 0 saturated carbocycles. The lowest BCUT2D eigenvalue weighted by atomic mass is 10.0. The highest BCUT2D eigenvalue weighted by atomic mass is 32.2. The lowest BCUT2D eigenvalue weighted by molar-refractivity contribution is -0.143. The molecule has 0 unspecified atom stereocenters. The van der Waals surface area contributed by atoms with E-state index in [1.165, 1.54) is 35.7 Å². The number of thioether (sulfide) groups is 1. The lowest BCUT2D eigenvalue weighted by Gasteiger charge is -2.50. The lowest BCUT2D eigenvalue weighted by Crippen LogP contribution is -2.70. The minimum absolute atomic E-state index is 0.0631. The first-order valence-electron chi connectivity index (χ1n) is 10.2. The number of hydrogen-bond donors (Lipinski definition) is 1. The van der Waals surface area contributed by atoms with Crippen LogP contribution in [0.3, 0.4) is 0 Å². The number of nitrogens with zero attached hydrogens (tertiary/aromatic N) is 1. The molecule has 2 amide bonds. The van der Waals surface area contributed by atoms with Gasteiger partial charge >= 0.3 is 18.0 Å². The average Bonchev–Trinajstić information content (AvgIpc) is 2.73. The first-order valence-corrected chi connectivity index (χ1v) is 11.2. The Morgan fingerprint density at radius 3 is 2.42 bits per heavy atom. The number of carbonyl (C=O) groups is 4. The predicted molar refractivity (Wildman–Crippen MR) is 117 cm³/mol. The molecule has 2 aliphatic rings. The molecule has 1 aromatic carbocycles. The van der Waals surface area contributed by atoms with Crippen LogP contribution in [0.1, 0.15) is 38.1 Å². The maximum absolute atomic E-state index is 13.1. The van der Waals surface area contributed by atoms with Crippen molar-refractivity contribution in [2.75, 3.05) is 19.0 Å². The van der Waals surface area contributed by atoms with Gasteiger partial charge in [-0.1, -0.05) is 0 Å². The number of fused-ring (bicyclic) bond motifs is 1. The number of carbonyl (C=O) groups excluding carboxylic acids is 4. The number of alkyl carbamates (subject to hydrolysis) is 1. The van der Waals surface area contributed by atoms with Gasteiger partial charge in [-0.25, -0.2) is 14.0 Å². The van der Waals surface area contributed by atoms with Gasteiger partial charge in [0, 0.05) is 18.2 Å². The molecule has 0 bridgehead atoms. The minimum atomic E-state index is -0.803. The third-order valence-electron chi connectivity index (χ3n) is 4.71. The second-order valence-electron chi connectivity index (χ2n) is 8.45. The number of esters is 2. The zero-order valence-corrected chi connectivity index (χ0v) is 19.5. The molecule has 1 saturated heterocycles. The largest absolute Gasteiger partial charge is 0.461 e. The molecule has 11 heteroatoms. The van der Waals surface area contributed by atoms with Gasteiger partial charge in [0.2, 0.25) is 0 Å². The van der Waals surface area contributed by atoms with Gasteiger partial charge < -0.3 is 19.5 Å². The summed E-state index contributed by atoms with van der Waals surface area (Å²) in [6.45, 7) is 6.10. The standard InChI is InChI=1S/C22H25FN2O7S/c1-12(26)30-9-14-11-33-19-17(24-21(29)32-22(2,3)4)18(27)25(19)16(14)10-31-20(28)13-5-7-15(23)8-6-13/h5-8,17,19H,9-11H2,1-4H3,(H,24,29)/t17-,19-/m1/s1. The van der Waals surface area contributed by atoms with E-state index in [-0.39, 0.29) is 18.8 Å². The number of halogens is 1. The summed E-state index contributed by atoms with van der Waals surface area (Å²) in [6, 6.07) is 4.06. The molecule has 2 heterocycles. The van der Waals surface area contributed by atoms with Gasteiger partial charge in [0.1, 0.15) is 36.0 Å². The van der Waals surface area contributed by atoms with E-state index >= 15 is 0 Å². The molecule has 2 aliphatic heterocycles. The van der Waals surface area contributed by atoms with Gasteiger partial charge in [0.25, 0.3) is 5.91 Å². The molecule has 178 valence electrons. The molecule has 3 rings (SSSR count). The van der Waals surface area contributed by atoms with E-state index in [2.05, 4.69) is 5.32 Å². The maximum Gasteiger partial charge on any atom is 0.408 e. The Kier molecular flexibility index (Phi) is 7.31. The number of rotatable bonds is 6. The molecule has 0 radical (unpaired) electrons. The molecule has 1 aromatic rings. The Hall–Kier alpha value is -3.08. The minimum Gasteiger partial charge on any atom is -0.461 e. The third-order valence-corrected chi connectivity index (χ3v) is 6.05. The average molecular weight is 481 g/mol. The van der Waals surface area contributed by atoms with Crippen molar-refractivity contribution in [3.8, 4) is 0 Å². The van der Waals surface area contributed by atoms with Crippen molar-refractivity contribution >= 4 is 35.7 Å². The van der Waals surface area contributed by atoms with Crippen molar-refractivity contribution in [2.24, 2.45) is 0 Å². The first kappa shape index (κ1) is 24.6. The summed E-state index contributed by atoms with van der Waals surface area (Å²) in [5.41, 5.74) is 0.442. The molecule has 1 N–H and O–H groups in total. The number of amides is 2. The molecule has 0 aliphatic carbocycles. The van der Waals surface area contributed by atoms with Crippen molar-refractivity contribution < 1.29 is 37.8 Å². The molecular formula is C22H25FN2O7S. The number of nitrogens with one attached hydrogen (secondary N) is 1. The van der Waals surface area contributed by atoms with Gasteiger partial charge in [0.05, 0.1) is 11.3 Å². The van der Waals surface area contributed by atoms with Crippen LogP contribution in [0.4, 0.5) is 9.18 Å². The third kappa shape index (κ3) is 6.04. The highest BCUT2D eigenvalue weighted by Gasteiger charge is 2.53. The number of hydrogen-bond acceptors (Lipinski definition) is 8. The van der Waals surface area contributed by atoms with Crippen molar-refractivity contribution in [1.82, 2.24) is 10.2 Å². The smallest absolute Gasteiger partial charge is 0.408 e. The Balaban J connectivity index is 1.73. The molecule has 9 nitrogen and oxygen atoms in total. The zero-order valence-electron chi connectivity index (χ0n) is 18.7. The molecule has 1 fully saturated rings. The van der Waals surface area contributed by atoms with Crippen LogP contribution in [-0.4, -0.2) is 64.8 Å². The van der Waals surface area contributed by atoms with E-state index in [1.807, 2.05) is 0 Å². The fraction of sp³-hybridized carbons (Fsp3) is 0.455. The number of β-lactam (4-membered cyclic amide) rings is 1. The quantitative estimate of drug-likeness (QED) is 0.376. The maximum atomic E-state index is 13.1.